The maximum Gasteiger partial charge on any atom is 0.260 e. The van der Waals surface area contributed by atoms with E-state index in [9.17, 15) is 4.79 Å². The molecular weight excluding hydrogens is 266 g/mol. The van der Waals surface area contributed by atoms with Crippen LogP contribution in [0.2, 0.25) is 0 Å². The van der Waals surface area contributed by atoms with Crippen molar-refractivity contribution in [2.75, 3.05) is 13.7 Å². The number of carbonyl (C=O) groups excluding carboxylic acids is 1. The van der Waals surface area contributed by atoms with Gasteiger partial charge in [0.2, 0.25) is 0 Å². The molecule has 0 atom stereocenters. The zero-order valence-electron chi connectivity index (χ0n) is 13.0. The van der Waals surface area contributed by atoms with Gasteiger partial charge in [0.25, 0.3) is 5.91 Å². The Morgan fingerprint density at radius 3 is 2.81 bits per heavy atom. The highest BCUT2D eigenvalue weighted by Gasteiger charge is 2.12. The van der Waals surface area contributed by atoms with E-state index in [0.717, 1.165) is 22.4 Å². The van der Waals surface area contributed by atoms with Crippen LogP contribution >= 0.6 is 0 Å². The number of benzene rings is 1. The highest BCUT2D eigenvalue weighted by atomic mass is 16.5. The number of rotatable bonds is 5. The van der Waals surface area contributed by atoms with Gasteiger partial charge in [-0.15, -0.1) is 0 Å². The van der Waals surface area contributed by atoms with E-state index in [2.05, 4.69) is 5.10 Å². The van der Waals surface area contributed by atoms with E-state index in [-0.39, 0.29) is 12.5 Å². The summed E-state index contributed by atoms with van der Waals surface area (Å²) in [6, 6.07) is 5.97. The predicted octanol–water partition coefficient (Wildman–Crippen LogP) is 2.07. The van der Waals surface area contributed by atoms with Crippen LogP contribution in [0.1, 0.15) is 16.7 Å². The fourth-order valence-electron chi connectivity index (χ4n) is 2.03. The van der Waals surface area contributed by atoms with E-state index in [0.29, 0.717) is 6.54 Å². The fourth-order valence-corrected chi connectivity index (χ4v) is 2.03. The lowest BCUT2D eigenvalue weighted by Crippen LogP contribution is -2.30. The van der Waals surface area contributed by atoms with Crippen LogP contribution in [0, 0.1) is 13.8 Å². The van der Waals surface area contributed by atoms with Gasteiger partial charge in [0.1, 0.15) is 5.75 Å². The van der Waals surface area contributed by atoms with Gasteiger partial charge in [0, 0.05) is 32.4 Å². The molecule has 0 radical (unpaired) electrons. The molecule has 0 N–H and O–H groups in total. The normalized spacial score (nSPS) is 10.5. The number of likely N-dealkylation sites (N-methyl/N-ethyl adjacent to an activating group) is 1. The molecule has 0 saturated carbocycles. The third-order valence-electron chi connectivity index (χ3n) is 3.30. The monoisotopic (exact) mass is 287 g/mol. The maximum atomic E-state index is 12.1. The van der Waals surface area contributed by atoms with Gasteiger partial charge in [-0.3, -0.25) is 9.48 Å². The van der Waals surface area contributed by atoms with Crippen molar-refractivity contribution in [3.63, 3.8) is 0 Å². The first-order valence-corrected chi connectivity index (χ1v) is 6.87. The molecule has 0 spiro atoms. The quantitative estimate of drug-likeness (QED) is 0.846. The number of aromatic nitrogens is 2. The molecule has 5 nitrogen and oxygen atoms in total. The molecule has 0 bridgehead atoms. The topological polar surface area (TPSA) is 47.4 Å². The molecule has 1 amide bonds. The second-order valence-corrected chi connectivity index (χ2v) is 5.33. The fraction of sp³-hybridized carbons (Fsp3) is 0.375. The molecule has 5 heteroatoms. The van der Waals surface area contributed by atoms with Crippen molar-refractivity contribution < 1.29 is 9.53 Å². The molecule has 0 aliphatic heterocycles. The molecule has 112 valence electrons. The minimum absolute atomic E-state index is 0.0427. The molecule has 0 fully saturated rings. The average molecular weight is 287 g/mol. The number of hydrogen-bond acceptors (Lipinski definition) is 3. The van der Waals surface area contributed by atoms with E-state index in [1.165, 1.54) is 0 Å². The van der Waals surface area contributed by atoms with E-state index >= 15 is 0 Å². The van der Waals surface area contributed by atoms with Gasteiger partial charge >= 0.3 is 0 Å². The van der Waals surface area contributed by atoms with Crippen LogP contribution < -0.4 is 4.74 Å². The average Bonchev–Trinajstić information content (AvgIpc) is 2.84. The summed E-state index contributed by atoms with van der Waals surface area (Å²) in [5.74, 6) is 0.706. The van der Waals surface area contributed by atoms with E-state index in [4.69, 9.17) is 4.74 Å². The first-order valence-electron chi connectivity index (χ1n) is 6.87. The molecule has 1 aromatic heterocycles. The summed E-state index contributed by atoms with van der Waals surface area (Å²) in [4.78, 5) is 13.7. The van der Waals surface area contributed by atoms with Crippen molar-refractivity contribution in [3.8, 4) is 5.75 Å². The number of ether oxygens (including phenoxy) is 1. The lowest BCUT2D eigenvalue weighted by molar-refractivity contribution is -0.132. The molecule has 0 saturated heterocycles. The molecule has 0 unspecified atom stereocenters. The molecule has 1 heterocycles. The van der Waals surface area contributed by atoms with Crippen LogP contribution in [0.3, 0.4) is 0 Å². The summed E-state index contributed by atoms with van der Waals surface area (Å²) in [5, 5.41) is 4.09. The maximum absolute atomic E-state index is 12.1. The van der Waals surface area contributed by atoms with E-state index < -0.39 is 0 Å². The lowest BCUT2D eigenvalue weighted by Gasteiger charge is -2.17. The summed E-state index contributed by atoms with van der Waals surface area (Å²) in [5.41, 5.74) is 3.15. The van der Waals surface area contributed by atoms with Crippen LogP contribution in [0.25, 0.3) is 0 Å². The van der Waals surface area contributed by atoms with Crippen LogP contribution in [0.15, 0.2) is 30.6 Å². The molecule has 2 rings (SSSR count). The summed E-state index contributed by atoms with van der Waals surface area (Å²) in [6.07, 6.45) is 3.66. The zero-order valence-corrected chi connectivity index (χ0v) is 13.0. The number of aryl methyl sites for hydroxylation is 3. The van der Waals surface area contributed by atoms with E-state index in [1.54, 1.807) is 22.8 Å². The predicted molar refractivity (Wildman–Crippen MR) is 81.1 cm³/mol. The van der Waals surface area contributed by atoms with Gasteiger partial charge in [-0.05, 0) is 31.0 Å². The van der Waals surface area contributed by atoms with Crippen LogP contribution in [-0.4, -0.2) is 34.2 Å². The SMILES string of the molecule is Cc1ccc(C)c(OCC(=O)N(C)Cc2cnn(C)c2)c1. The third kappa shape index (κ3) is 4.08. The largest absolute Gasteiger partial charge is 0.483 e. The molecule has 0 aliphatic rings. The van der Waals surface area contributed by atoms with Crippen molar-refractivity contribution in [2.24, 2.45) is 7.05 Å². The van der Waals surface area contributed by atoms with Gasteiger partial charge in [-0.25, -0.2) is 0 Å². The molecule has 2 aromatic rings. The second kappa shape index (κ2) is 6.43. The number of nitrogens with zero attached hydrogens (tertiary/aromatic N) is 3. The minimum Gasteiger partial charge on any atom is -0.483 e. The van der Waals surface area contributed by atoms with Crippen molar-refractivity contribution in [1.29, 1.82) is 0 Å². The van der Waals surface area contributed by atoms with Crippen molar-refractivity contribution in [1.82, 2.24) is 14.7 Å². The first kappa shape index (κ1) is 15.1. The van der Waals surface area contributed by atoms with Gasteiger partial charge in [-0.1, -0.05) is 12.1 Å². The van der Waals surface area contributed by atoms with E-state index in [1.807, 2.05) is 45.3 Å². The highest BCUT2D eigenvalue weighted by molar-refractivity contribution is 5.77. The number of amides is 1. The Balaban J connectivity index is 1.90. The van der Waals surface area contributed by atoms with Crippen molar-refractivity contribution in [2.45, 2.75) is 20.4 Å². The standard InChI is InChI=1S/C16H21N3O2/c1-12-5-6-13(2)15(7-12)21-11-16(20)18(3)9-14-8-17-19(4)10-14/h5-8,10H,9,11H2,1-4H3. The van der Waals surface area contributed by atoms with Crippen LogP contribution in [-0.2, 0) is 18.4 Å². The summed E-state index contributed by atoms with van der Waals surface area (Å²) >= 11 is 0. The van der Waals surface area contributed by atoms with Crippen molar-refractivity contribution >= 4 is 5.91 Å². The Morgan fingerprint density at radius 1 is 1.38 bits per heavy atom. The van der Waals surface area contributed by atoms with Gasteiger partial charge < -0.3 is 9.64 Å². The minimum atomic E-state index is -0.0558. The zero-order chi connectivity index (χ0) is 15.4. The van der Waals surface area contributed by atoms with Gasteiger partial charge in [0.15, 0.2) is 6.61 Å². The van der Waals surface area contributed by atoms with Crippen LogP contribution in [0.5, 0.6) is 5.75 Å². The Kier molecular flexibility index (Phi) is 4.62. The lowest BCUT2D eigenvalue weighted by atomic mass is 10.1. The Morgan fingerprint density at radius 2 is 2.14 bits per heavy atom. The smallest absolute Gasteiger partial charge is 0.260 e. The number of hydrogen-bond donors (Lipinski definition) is 0. The third-order valence-corrected chi connectivity index (χ3v) is 3.30. The Hall–Kier alpha value is -2.30. The Bertz CT molecular complexity index is 634. The summed E-state index contributed by atoms with van der Waals surface area (Å²) in [6.45, 7) is 4.55. The number of carbonyl (C=O) groups is 1. The Labute approximate surface area is 125 Å². The molecule has 21 heavy (non-hydrogen) atoms. The molecular formula is C16H21N3O2. The summed E-state index contributed by atoms with van der Waals surface area (Å²) < 4.78 is 7.35. The summed E-state index contributed by atoms with van der Waals surface area (Å²) in [7, 11) is 3.62. The first-order chi connectivity index (χ1) is 9.95. The van der Waals surface area contributed by atoms with Crippen LogP contribution in [0.4, 0.5) is 0 Å². The highest BCUT2D eigenvalue weighted by Crippen LogP contribution is 2.19. The van der Waals surface area contributed by atoms with Gasteiger partial charge in [-0.2, -0.15) is 5.10 Å². The second-order valence-electron chi connectivity index (χ2n) is 5.33. The molecule has 1 aromatic carbocycles. The van der Waals surface area contributed by atoms with Gasteiger partial charge in [0.05, 0.1) is 6.20 Å². The molecule has 0 aliphatic carbocycles. The van der Waals surface area contributed by atoms with Crippen molar-refractivity contribution in [3.05, 3.63) is 47.3 Å².